The third-order valence-corrected chi connectivity index (χ3v) is 2.62. The van der Waals surface area contributed by atoms with E-state index in [-0.39, 0.29) is 5.91 Å². The van der Waals surface area contributed by atoms with Crippen LogP contribution in [0.5, 0.6) is 5.75 Å². The second-order valence-electron chi connectivity index (χ2n) is 3.65. The molecule has 4 nitrogen and oxygen atoms in total. The first-order chi connectivity index (χ1) is 7.58. The van der Waals surface area contributed by atoms with E-state index in [1.807, 2.05) is 31.3 Å². The number of ether oxygens (including phenoxy) is 1. The number of carbonyl (C=O) groups is 1. The van der Waals surface area contributed by atoms with Crippen LogP contribution >= 0.6 is 15.9 Å². The molecule has 1 aromatic rings. The fourth-order valence-corrected chi connectivity index (χ4v) is 1.52. The molecule has 0 saturated carbocycles. The number of quaternary nitrogens is 1. The summed E-state index contributed by atoms with van der Waals surface area (Å²) in [4.78, 5) is 11.7. The van der Waals surface area contributed by atoms with Crippen LogP contribution in [0.4, 0.5) is 0 Å². The topological polar surface area (TPSA) is 56.8 Å². The quantitative estimate of drug-likeness (QED) is 0.763. The minimum Gasteiger partial charge on any atom is -0.488 e. The monoisotopic (exact) mass is 287 g/mol. The predicted molar refractivity (Wildman–Crippen MR) is 65.5 cm³/mol. The number of hydrogen-bond donors (Lipinski definition) is 2. The van der Waals surface area contributed by atoms with Crippen molar-refractivity contribution in [1.29, 1.82) is 0 Å². The van der Waals surface area contributed by atoms with E-state index < -0.39 is 0 Å². The Labute approximate surface area is 103 Å². The van der Waals surface area contributed by atoms with Gasteiger partial charge in [0.1, 0.15) is 18.9 Å². The molecule has 0 aliphatic rings. The van der Waals surface area contributed by atoms with E-state index in [1.165, 1.54) is 0 Å². The van der Waals surface area contributed by atoms with Gasteiger partial charge in [0.25, 0.3) is 5.91 Å². The van der Waals surface area contributed by atoms with Crippen LogP contribution in [0.3, 0.4) is 0 Å². The number of carbonyl (C=O) groups excluding carboxylic acids is 1. The molecule has 3 N–H and O–H groups in total. The van der Waals surface area contributed by atoms with Gasteiger partial charge in [0, 0.05) is 4.47 Å². The van der Waals surface area contributed by atoms with Crippen molar-refractivity contribution in [3.63, 3.8) is 0 Å². The second kappa shape index (κ2) is 6.50. The highest BCUT2D eigenvalue weighted by Gasteiger charge is 2.05. The lowest BCUT2D eigenvalue weighted by Gasteiger charge is -2.12. The van der Waals surface area contributed by atoms with Gasteiger partial charge in [0.15, 0.2) is 6.54 Å². The highest BCUT2D eigenvalue weighted by atomic mass is 79.9. The minimum absolute atomic E-state index is 0.291. The Balaban J connectivity index is 2.25. The molecular formula is C11H16BrN2O2+. The molecule has 1 atom stereocenters. The van der Waals surface area contributed by atoms with Crippen molar-refractivity contribution in [2.24, 2.45) is 5.73 Å². The summed E-state index contributed by atoms with van der Waals surface area (Å²) in [6.45, 7) is 1.66. The van der Waals surface area contributed by atoms with Crippen molar-refractivity contribution in [2.75, 3.05) is 26.7 Å². The first kappa shape index (κ1) is 13.0. The molecule has 16 heavy (non-hydrogen) atoms. The molecule has 0 spiro atoms. The Bertz CT molecular complexity index is 340. The Morgan fingerprint density at radius 1 is 1.44 bits per heavy atom. The number of likely N-dealkylation sites (N-methyl/N-ethyl adjacent to an activating group) is 1. The fourth-order valence-electron chi connectivity index (χ4n) is 1.26. The van der Waals surface area contributed by atoms with Gasteiger partial charge in [0.05, 0.1) is 7.05 Å². The minimum atomic E-state index is -0.291. The van der Waals surface area contributed by atoms with Gasteiger partial charge in [-0.15, -0.1) is 0 Å². The molecule has 1 unspecified atom stereocenters. The third-order valence-electron chi connectivity index (χ3n) is 2.09. The average molecular weight is 288 g/mol. The number of halogens is 1. The van der Waals surface area contributed by atoms with E-state index in [0.29, 0.717) is 13.2 Å². The largest absolute Gasteiger partial charge is 0.488 e. The van der Waals surface area contributed by atoms with Crippen LogP contribution < -0.4 is 15.4 Å². The average Bonchev–Trinajstić information content (AvgIpc) is 2.20. The first-order valence-electron chi connectivity index (χ1n) is 5.06. The van der Waals surface area contributed by atoms with Gasteiger partial charge in [-0.05, 0) is 24.3 Å². The van der Waals surface area contributed by atoms with Gasteiger partial charge in [-0.1, -0.05) is 15.9 Å². The zero-order valence-corrected chi connectivity index (χ0v) is 10.8. The van der Waals surface area contributed by atoms with Gasteiger partial charge in [0.2, 0.25) is 0 Å². The molecular weight excluding hydrogens is 272 g/mol. The summed E-state index contributed by atoms with van der Waals surface area (Å²) in [5.74, 6) is 0.538. The lowest BCUT2D eigenvalue weighted by atomic mass is 10.3. The van der Waals surface area contributed by atoms with Crippen molar-refractivity contribution in [3.05, 3.63) is 28.7 Å². The van der Waals surface area contributed by atoms with E-state index in [0.717, 1.165) is 21.7 Å². The lowest BCUT2D eigenvalue weighted by molar-refractivity contribution is -0.871. The van der Waals surface area contributed by atoms with E-state index in [1.54, 1.807) is 0 Å². The predicted octanol–water partition coefficient (Wildman–Crippen LogP) is -0.172. The Morgan fingerprint density at radius 2 is 2.06 bits per heavy atom. The summed E-state index contributed by atoms with van der Waals surface area (Å²) in [6.07, 6.45) is 0. The van der Waals surface area contributed by atoms with E-state index in [4.69, 9.17) is 10.5 Å². The number of nitrogens with two attached hydrogens (primary N) is 1. The molecule has 0 saturated heterocycles. The molecule has 1 amide bonds. The molecule has 0 radical (unpaired) electrons. The third kappa shape index (κ3) is 5.14. The molecule has 0 bridgehead atoms. The van der Waals surface area contributed by atoms with Gasteiger partial charge < -0.3 is 15.4 Å². The normalized spacial score (nSPS) is 12.1. The molecule has 0 aromatic heterocycles. The van der Waals surface area contributed by atoms with Crippen molar-refractivity contribution in [3.8, 4) is 5.75 Å². The zero-order chi connectivity index (χ0) is 12.0. The van der Waals surface area contributed by atoms with Crippen LogP contribution in [-0.4, -0.2) is 32.7 Å². The van der Waals surface area contributed by atoms with Crippen LogP contribution in [0.25, 0.3) is 0 Å². The van der Waals surface area contributed by atoms with E-state index in [9.17, 15) is 4.79 Å². The maximum atomic E-state index is 10.6. The maximum absolute atomic E-state index is 10.6. The molecule has 1 aromatic carbocycles. The number of benzene rings is 1. The summed E-state index contributed by atoms with van der Waals surface area (Å²) in [6, 6.07) is 7.64. The second-order valence-corrected chi connectivity index (χ2v) is 4.57. The van der Waals surface area contributed by atoms with Gasteiger partial charge in [-0.25, -0.2) is 0 Å². The molecule has 0 aliphatic heterocycles. The Morgan fingerprint density at radius 3 is 2.62 bits per heavy atom. The van der Waals surface area contributed by atoms with Crippen molar-refractivity contribution in [1.82, 2.24) is 0 Å². The number of nitrogens with one attached hydrogen (secondary N) is 1. The lowest BCUT2D eigenvalue weighted by Crippen LogP contribution is -3.10. The van der Waals surface area contributed by atoms with E-state index in [2.05, 4.69) is 15.9 Å². The summed E-state index contributed by atoms with van der Waals surface area (Å²) in [5, 5.41) is 0. The summed E-state index contributed by atoms with van der Waals surface area (Å²) < 4.78 is 6.54. The van der Waals surface area contributed by atoms with Crippen molar-refractivity contribution < 1.29 is 14.4 Å². The van der Waals surface area contributed by atoms with E-state index >= 15 is 0 Å². The van der Waals surface area contributed by atoms with Crippen molar-refractivity contribution in [2.45, 2.75) is 0 Å². The Kier molecular flexibility index (Phi) is 5.28. The van der Waals surface area contributed by atoms with Crippen molar-refractivity contribution >= 4 is 21.8 Å². The highest BCUT2D eigenvalue weighted by molar-refractivity contribution is 9.10. The fraction of sp³-hybridized carbons (Fsp3) is 0.364. The van der Waals surface area contributed by atoms with Crippen LogP contribution in [0, 0.1) is 0 Å². The molecule has 88 valence electrons. The van der Waals surface area contributed by atoms with Crippen LogP contribution in [0.1, 0.15) is 0 Å². The van der Waals surface area contributed by atoms with Gasteiger partial charge >= 0.3 is 0 Å². The smallest absolute Gasteiger partial charge is 0.272 e. The summed E-state index contributed by atoms with van der Waals surface area (Å²) >= 11 is 3.35. The standard InChI is InChI=1S/C11H15BrN2O2/c1-14(8-11(13)15)6-7-16-10-4-2-9(12)3-5-10/h2-5H,6-8H2,1H3,(H2,13,15)/p+1. The van der Waals surface area contributed by atoms with Crippen LogP contribution in [0.2, 0.25) is 0 Å². The SMILES string of the molecule is C[NH+](CCOc1ccc(Br)cc1)CC(N)=O. The molecule has 0 aliphatic carbocycles. The summed E-state index contributed by atoms with van der Waals surface area (Å²) in [7, 11) is 1.91. The number of hydrogen-bond acceptors (Lipinski definition) is 2. The van der Waals surface area contributed by atoms with Crippen LogP contribution in [-0.2, 0) is 4.79 Å². The molecule has 5 heteroatoms. The van der Waals surface area contributed by atoms with Crippen LogP contribution in [0.15, 0.2) is 28.7 Å². The van der Waals surface area contributed by atoms with Gasteiger partial charge in [-0.2, -0.15) is 0 Å². The summed E-state index contributed by atoms with van der Waals surface area (Å²) in [5.41, 5.74) is 5.09. The number of amides is 1. The first-order valence-corrected chi connectivity index (χ1v) is 5.85. The molecule has 0 heterocycles. The molecule has 0 fully saturated rings. The highest BCUT2D eigenvalue weighted by Crippen LogP contribution is 2.15. The maximum Gasteiger partial charge on any atom is 0.272 e. The zero-order valence-electron chi connectivity index (χ0n) is 9.20. The Hall–Kier alpha value is -1.07. The molecule has 1 rings (SSSR count). The van der Waals surface area contributed by atoms with Gasteiger partial charge in [-0.3, -0.25) is 4.79 Å². The number of primary amides is 1. The number of rotatable bonds is 6.